The summed E-state index contributed by atoms with van der Waals surface area (Å²) in [7, 11) is 3.20. The number of nitrogens with one attached hydrogen (secondary N) is 1. The summed E-state index contributed by atoms with van der Waals surface area (Å²) in [4.78, 5) is 17.9. The Morgan fingerprint density at radius 3 is 2.65 bits per heavy atom. The number of benzene rings is 2. The predicted octanol–water partition coefficient (Wildman–Crippen LogP) is 5.04. The van der Waals surface area contributed by atoms with Crippen molar-refractivity contribution in [3.63, 3.8) is 0 Å². The van der Waals surface area contributed by atoms with Gasteiger partial charge in [0.2, 0.25) is 0 Å². The van der Waals surface area contributed by atoms with Crippen molar-refractivity contribution in [1.82, 2.24) is 4.98 Å². The molecule has 7 heteroatoms. The van der Waals surface area contributed by atoms with E-state index in [4.69, 9.17) is 21.1 Å². The number of carbonyl (C=O) groups is 1. The van der Waals surface area contributed by atoms with Gasteiger partial charge in [0, 0.05) is 27.1 Å². The van der Waals surface area contributed by atoms with E-state index in [-0.39, 0.29) is 5.91 Å². The number of thiazole rings is 1. The van der Waals surface area contributed by atoms with Crippen LogP contribution in [0.25, 0.3) is 11.3 Å². The number of hydrogen-bond acceptors (Lipinski definition) is 5. The molecule has 1 aromatic heterocycles. The Bertz CT molecular complexity index is 956. The average molecular weight is 389 g/mol. The summed E-state index contributed by atoms with van der Waals surface area (Å²) in [5.74, 6) is 1.10. The van der Waals surface area contributed by atoms with E-state index < -0.39 is 0 Å². The first-order valence-electron chi connectivity index (χ1n) is 7.78. The summed E-state index contributed by atoms with van der Waals surface area (Å²) in [6.07, 6.45) is 0. The third-order valence-electron chi connectivity index (χ3n) is 3.77. The molecule has 0 bridgehead atoms. The smallest absolute Gasteiger partial charge is 0.257 e. The maximum Gasteiger partial charge on any atom is 0.257 e. The molecule has 0 saturated heterocycles. The minimum absolute atomic E-state index is 0.255. The quantitative estimate of drug-likeness (QED) is 0.665. The van der Waals surface area contributed by atoms with Gasteiger partial charge in [-0.3, -0.25) is 10.1 Å². The van der Waals surface area contributed by atoms with Crippen molar-refractivity contribution in [2.75, 3.05) is 19.5 Å². The van der Waals surface area contributed by atoms with Crippen molar-refractivity contribution in [3.05, 3.63) is 57.9 Å². The van der Waals surface area contributed by atoms with E-state index in [9.17, 15) is 4.79 Å². The molecule has 0 aliphatic rings. The molecule has 0 fully saturated rings. The maximum atomic E-state index is 12.4. The van der Waals surface area contributed by atoms with Crippen LogP contribution in [-0.4, -0.2) is 25.1 Å². The highest BCUT2D eigenvalue weighted by Gasteiger charge is 2.17. The number of amides is 1. The van der Waals surface area contributed by atoms with Crippen LogP contribution in [0.15, 0.2) is 42.5 Å². The third kappa shape index (κ3) is 3.81. The minimum Gasteiger partial charge on any atom is -0.497 e. The maximum absolute atomic E-state index is 12.4. The molecule has 2 aromatic carbocycles. The standard InChI is InChI=1S/C19H17ClN2O3S/c1-11-17(15-8-7-14(24-2)10-16(15)25-3)21-19(26-11)22-18(23)12-5-4-6-13(20)9-12/h4-10H,1-3H3,(H,21,22,23). The lowest BCUT2D eigenvalue weighted by atomic mass is 10.1. The fourth-order valence-electron chi connectivity index (χ4n) is 2.49. The lowest BCUT2D eigenvalue weighted by Crippen LogP contribution is -2.11. The van der Waals surface area contributed by atoms with E-state index in [1.54, 1.807) is 44.6 Å². The first-order chi connectivity index (χ1) is 12.5. The van der Waals surface area contributed by atoms with Crippen LogP contribution in [-0.2, 0) is 0 Å². The van der Waals surface area contributed by atoms with Gasteiger partial charge < -0.3 is 9.47 Å². The number of nitrogens with zero attached hydrogens (tertiary/aromatic N) is 1. The van der Waals surface area contributed by atoms with E-state index in [1.165, 1.54) is 11.3 Å². The molecule has 1 N–H and O–H groups in total. The molecule has 0 spiro atoms. The van der Waals surface area contributed by atoms with Crippen molar-refractivity contribution in [1.29, 1.82) is 0 Å². The summed E-state index contributed by atoms with van der Waals surface area (Å²) >= 11 is 7.34. The third-order valence-corrected chi connectivity index (χ3v) is 4.89. The van der Waals surface area contributed by atoms with Gasteiger partial charge in [0.1, 0.15) is 11.5 Å². The van der Waals surface area contributed by atoms with Crippen LogP contribution < -0.4 is 14.8 Å². The highest BCUT2D eigenvalue weighted by Crippen LogP contribution is 2.37. The topological polar surface area (TPSA) is 60.5 Å². The van der Waals surface area contributed by atoms with Crippen molar-refractivity contribution < 1.29 is 14.3 Å². The van der Waals surface area contributed by atoms with E-state index in [0.717, 1.165) is 16.1 Å². The number of halogens is 1. The molecule has 0 aliphatic heterocycles. The molecular formula is C19H17ClN2O3S. The average Bonchev–Trinajstić information content (AvgIpc) is 3.01. The van der Waals surface area contributed by atoms with Crippen LogP contribution in [0.1, 0.15) is 15.2 Å². The van der Waals surface area contributed by atoms with Gasteiger partial charge in [0.15, 0.2) is 5.13 Å². The van der Waals surface area contributed by atoms with Crippen LogP contribution in [0.3, 0.4) is 0 Å². The molecule has 0 aliphatic carbocycles. The van der Waals surface area contributed by atoms with E-state index in [2.05, 4.69) is 10.3 Å². The van der Waals surface area contributed by atoms with Crippen molar-refractivity contribution in [2.24, 2.45) is 0 Å². The Labute approximate surface area is 160 Å². The molecule has 1 heterocycles. The van der Waals surface area contributed by atoms with Gasteiger partial charge in [-0.25, -0.2) is 4.98 Å². The summed E-state index contributed by atoms with van der Waals surface area (Å²) in [6, 6.07) is 12.3. The van der Waals surface area contributed by atoms with Crippen molar-refractivity contribution in [2.45, 2.75) is 6.92 Å². The Morgan fingerprint density at radius 1 is 1.15 bits per heavy atom. The summed E-state index contributed by atoms with van der Waals surface area (Å²) in [5, 5.41) is 3.85. The van der Waals surface area contributed by atoms with Gasteiger partial charge in [-0.15, -0.1) is 11.3 Å². The summed E-state index contributed by atoms with van der Waals surface area (Å²) in [5.41, 5.74) is 2.08. The molecule has 3 rings (SSSR count). The number of aromatic nitrogens is 1. The minimum atomic E-state index is -0.255. The number of aryl methyl sites for hydroxylation is 1. The zero-order valence-corrected chi connectivity index (χ0v) is 16.1. The van der Waals surface area contributed by atoms with Gasteiger partial charge in [0.05, 0.1) is 19.9 Å². The monoisotopic (exact) mass is 388 g/mol. The SMILES string of the molecule is COc1ccc(-c2nc(NC(=O)c3cccc(Cl)c3)sc2C)c(OC)c1. The van der Waals surface area contributed by atoms with Gasteiger partial charge in [-0.1, -0.05) is 17.7 Å². The van der Waals surface area contributed by atoms with Gasteiger partial charge >= 0.3 is 0 Å². The number of carbonyl (C=O) groups excluding carboxylic acids is 1. The number of rotatable bonds is 5. The highest BCUT2D eigenvalue weighted by molar-refractivity contribution is 7.16. The second kappa shape index (κ2) is 7.76. The number of ether oxygens (including phenoxy) is 2. The molecular weight excluding hydrogens is 372 g/mol. The van der Waals surface area contributed by atoms with E-state index >= 15 is 0 Å². The molecule has 0 radical (unpaired) electrons. The van der Waals surface area contributed by atoms with Crippen LogP contribution in [0.2, 0.25) is 5.02 Å². The zero-order chi connectivity index (χ0) is 18.7. The van der Waals surface area contributed by atoms with Crippen LogP contribution in [0.5, 0.6) is 11.5 Å². The molecule has 134 valence electrons. The summed E-state index contributed by atoms with van der Waals surface area (Å²) < 4.78 is 10.7. The lowest BCUT2D eigenvalue weighted by Gasteiger charge is -2.09. The van der Waals surface area contributed by atoms with E-state index in [0.29, 0.717) is 27.2 Å². The van der Waals surface area contributed by atoms with Crippen molar-refractivity contribution in [3.8, 4) is 22.8 Å². The molecule has 3 aromatic rings. The van der Waals surface area contributed by atoms with Gasteiger partial charge in [0.25, 0.3) is 5.91 Å². The fourth-order valence-corrected chi connectivity index (χ4v) is 3.51. The number of anilines is 1. The lowest BCUT2D eigenvalue weighted by molar-refractivity contribution is 0.102. The molecule has 5 nitrogen and oxygen atoms in total. The Morgan fingerprint density at radius 2 is 1.96 bits per heavy atom. The largest absolute Gasteiger partial charge is 0.497 e. The molecule has 1 amide bonds. The zero-order valence-electron chi connectivity index (χ0n) is 14.5. The molecule has 26 heavy (non-hydrogen) atoms. The first-order valence-corrected chi connectivity index (χ1v) is 8.98. The Kier molecular flexibility index (Phi) is 5.44. The second-order valence-electron chi connectivity index (χ2n) is 5.45. The summed E-state index contributed by atoms with van der Waals surface area (Å²) in [6.45, 7) is 1.95. The second-order valence-corrected chi connectivity index (χ2v) is 7.09. The van der Waals surface area contributed by atoms with Gasteiger partial charge in [-0.05, 0) is 37.3 Å². The molecule has 0 unspecified atom stereocenters. The van der Waals surface area contributed by atoms with Crippen LogP contribution in [0.4, 0.5) is 5.13 Å². The first kappa shape index (κ1) is 18.2. The Hall–Kier alpha value is -2.57. The number of methoxy groups -OCH3 is 2. The van der Waals surface area contributed by atoms with Gasteiger partial charge in [-0.2, -0.15) is 0 Å². The molecule has 0 atom stereocenters. The molecule has 0 saturated carbocycles. The highest BCUT2D eigenvalue weighted by atomic mass is 35.5. The normalized spacial score (nSPS) is 10.5. The van der Waals surface area contributed by atoms with E-state index in [1.807, 2.05) is 19.1 Å². The number of hydrogen-bond donors (Lipinski definition) is 1. The van der Waals surface area contributed by atoms with Crippen LogP contribution in [0, 0.1) is 6.92 Å². The van der Waals surface area contributed by atoms with Crippen LogP contribution >= 0.6 is 22.9 Å². The fraction of sp³-hybridized carbons (Fsp3) is 0.158. The van der Waals surface area contributed by atoms with Crippen molar-refractivity contribution >= 4 is 34.0 Å². The Balaban J connectivity index is 1.89. The predicted molar refractivity (Wildman–Crippen MR) is 105 cm³/mol.